The van der Waals surface area contributed by atoms with Crippen LogP contribution in [0.2, 0.25) is 0 Å². The molecule has 9 nitrogen and oxygen atoms in total. The Morgan fingerprint density at radius 3 is 2.55 bits per heavy atom. The lowest BCUT2D eigenvalue weighted by Gasteiger charge is -2.38. The molecular formula is C30H31F3N6O3. The Morgan fingerprint density at radius 1 is 1.00 bits per heavy atom. The SMILES string of the molecule is COc1ccc2c(c1)CCN(C1CCN(c3cc(C(=O)N4CCc5cccc(C(F)(F)F)c5C4)ncn3)CC1)C(=O)N2. The van der Waals surface area contributed by atoms with Gasteiger partial charge >= 0.3 is 12.2 Å². The number of methoxy groups -OCH3 is 1. The van der Waals surface area contributed by atoms with Crippen LogP contribution in [0, 0.1) is 0 Å². The Balaban J connectivity index is 1.10. The summed E-state index contributed by atoms with van der Waals surface area (Å²) >= 11 is 0. The number of carbonyl (C=O) groups is 2. The molecule has 1 N–H and O–H groups in total. The van der Waals surface area contributed by atoms with Crippen molar-refractivity contribution in [3.63, 3.8) is 0 Å². The molecule has 3 aliphatic rings. The van der Waals surface area contributed by atoms with Crippen molar-refractivity contribution in [2.24, 2.45) is 0 Å². The number of urea groups is 1. The summed E-state index contributed by atoms with van der Waals surface area (Å²) in [5, 5.41) is 3.03. The molecule has 0 spiro atoms. The van der Waals surface area contributed by atoms with E-state index in [4.69, 9.17) is 4.74 Å². The normalized spacial score (nSPS) is 17.7. The number of anilines is 2. The summed E-state index contributed by atoms with van der Waals surface area (Å²) in [5.74, 6) is 0.914. The molecule has 1 saturated heterocycles. The molecular weight excluding hydrogens is 549 g/mol. The van der Waals surface area contributed by atoms with Crippen molar-refractivity contribution in [1.29, 1.82) is 0 Å². The lowest BCUT2D eigenvalue weighted by Crippen LogP contribution is -2.49. The number of nitrogens with zero attached hydrogens (tertiary/aromatic N) is 5. The molecule has 42 heavy (non-hydrogen) atoms. The maximum atomic E-state index is 13.6. The smallest absolute Gasteiger partial charge is 0.416 e. The maximum Gasteiger partial charge on any atom is 0.416 e. The van der Waals surface area contributed by atoms with E-state index in [1.807, 2.05) is 23.1 Å². The van der Waals surface area contributed by atoms with E-state index in [0.29, 0.717) is 50.4 Å². The van der Waals surface area contributed by atoms with E-state index in [-0.39, 0.29) is 29.9 Å². The number of carbonyl (C=O) groups excluding carboxylic acids is 2. The Hall–Kier alpha value is -4.35. The monoisotopic (exact) mass is 580 g/mol. The highest BCUT2D eigenvalue weighted by Gasteiger charge is 2.37. The van der Waals surface area contributed by atoms with Crippen LogP contribution < -0.4 is 15.0 Å². The van der Waals surface area contributed by atoms with Crippen LogP contribution in [0.3, 0.4) is 0 Å². The molecule has 2 aromatic carbocycles. The number of rotatable bonds is 4. The molecule has 220 valence electrons. The van der Waals surface area contributed by atoms with Crippen molar-refractivity contribution in [1.82, 2.24) is 19.8 Å². The molecule has 3 aromatic rings. The van der Waals surface area contributed by atoms with E-state index in [1.54, 1.807) is 19.2 Å². The number of fused-ring (bicyclic) bond motifs is 2. The summed E-state index contributed by atoms with van der Waals surface area (Å²) in [4.78, 5) is 40.3. The number of nitrogens with one attached hydrogen (secondary N) is 1. The van der Waals surface area contributed by atoms with Crippen molar-refractivity contribution < 1.29 is 27.5 Å². The van der Waals surface area contributed by atoms with Gasteiger partial charge in [-0.05, 0) is 66.6 Å². The van der Waals surface area contributed by atoms with Crippen LogP contribution >= 0.6 is 0 Å². The third kappa shape index (κ3) is 5.45. The molecule has 0 atom stereocenters. The second-order valence-corrected chi connectivity index (χ2v) is 10.8. The molecule has 3 aliphatic heterocycles. The lowest BCUT2D eigenvalue weighted by molar-refractivity contribution is -0.138. The first-order chi connectivity index (χ1) is 20.2. The maximum absolute atomic E-state index is 13.6. The molecule has 1 fully saturated rings. The van der Waals surface area contributed by atoms with Gasteiger partial charge in [-0.3, -0.25) is 4.79 Å². The molecule has 0 unspecified atom stereocenters. The van der Waals surface area contributed by atoms with Gasteiger partial charge in [0, 0.05) is 50.5 Å². The highest BCUT2D eigenvalue weighted by molar-refractivity contribution is 5.93. The molecule has 12 heteroatoms. The number of alkyl halides is 3. The van der Waals surface area contributed by atoms with Crippen LogP contribution in [0.1, 0.15) is 45.6 Å². The Kier molecular flexibility index (Phi) is 7.38. The van der Waals surface area contributed by atoms with Gasteiger partial charge < -0.3 is 24.8 Å². The number of amides is 3. The standard InChI is InChI=1S/C30H31F3N6O3/c1-42-22-5-6-25-20(15-22)8-14-39(29(41)36-25)21-9-12-37(13-10-21)27-16-26(34-18-35-27)28(40)38-11-7-19-3-2-4-24(23(19)17-38)30(31,32)33/h2-6,15-16,18,21H,7-14,17H2,1H3,(H,36,41). The van der Waals surface area contributed by atoms with Gasteiger partial charge in [0.2, 0.25) is 0 Å². The first kappa shape index (κ1) is 27.8. The average Bonchev–Trinajstić information content (AvgIpc) is 3.17. The van der Waals surface area contributed by atoms with E-state index in [1.165, 1.54) is 17.3 Å². The minimum atomic E-state index is -4.49. The summed E-state index contributed by atoms with van der Waals surface area (Å²) in [6.45, 7) is 2.05. The number of ether oxygens (including phenoxy) is 1. The predicted octanol–water partition coefficient (Wildman–Crippen LogP) is 4.76. The van der Waals surface area contributed by atoms with Gasteiger partial charge in [-0.2, -0.15) is 13.2 Å². The number of hydrogen-bond donors (Lipinski definition) is 1. The molecule has 1 aromatic heterocycles. The third-order valence-corrected chi connectivity index (χ3v) is 8.40. The molecule has 3 amide bonds. The summed E-state index contributed by atoms with van der Waals surface area (Å²) in [5.41, 5.74) is 2.03. The molecule has 0 radical (unpaired) electrons. The van der Waals surface area contributed by atoms with E-state index in [9.17, 15) is 22.8 Å². The quantitative estimate of drug-likeness (QED) is 0.479. The summed E-state index contributed by atoms with van der Waals surface area (Å²) in [6, 6.07) is 11.3. The van der Waals surface area contributed by atoms with Gasteiger partial charge in [0.1, 0.15) is 23.6 Å². The summed E-state index contributed by atoms with van der Waals surface area (Å²) < 4.78 is 46.1. The average molecular weight is 581 g/mol. The minimum absolute atomic E-state index is 0.0524. The van der Waals surface area contributed by atoms with Crippen molar-refractivity contribution in [3.05, 3.63) is 76.7 Å². The second-order valence-electron chi connectivity index (χ2n) is 10.8. The zero-order valence-electron chi connectivity index (χ0n) is 23.2. The fourth-order valence-corrected chi connectivity index (χ4v) is 6.13. The topological polar surface area (TPSA) is 90.9 Å². The van der Waals surface area contributed by atoms with Crippen molar-refractivity contribution >= 4 is 23.4 Å². The van der Waals surface area contributed by atoms with Crippen LogP contribution in [0.5, 0.6) is 5.75 Å². The van der Waals surface area contributed by atoms with Crippen LogP contribution in [-0.2, 0) is 25.6 Å². The molecule has 0 saturated carbocycles. The summed E-state index contributed by atoms with van der Waals surface area (Å²) in [6.07, 6.45) is -0.654. The minimum Gasteiger partial charge on any atom is -0.497 e. The molecule has 6 rings (SSSR count). The van der Waals surface area contributed by atoms with Crippen LogP contribution in [0.15, 0.2) is 48.8 Å². The fraction of sp³-hybridized carbons (Fsp3) is 0.400. The molecule has 4 heterocycles. The Bertz CT molecular complexity index is 1510. The molecule has 0 aliphatic carbocycles. The Labute approximate surface area is 241 Å². The molecule has 0 bridgehead atoms. The van der Waals surface area contributed by atoms with Gasteiger partial charge in [0.25, 0.3) is 5.91 Å². The second kappa shape index (κ2) is 11.1. The third-order valence-electron chi connectivity index (χ3n) is 8.40. The van der Waals surface area contributed by atoms with E-state index >= 15 is 0 Å². The largest absolute Gasteiger partial charge is 0.497 e. The highest BCUT2D eigenvalue weighted by Crippen LogP contribution is 2.36. The summed E-state index contributed by atoms with van der Waals surface area (Å²) in [7, 11) is 1.62. The van der Waals surface area contributed by atoms with E-state index < -0.39 is 17.6 Å². The lowest BCUT2D eigenvalue weighted by atomic mass is 9.94. The first-order valence-corrected chi connectivity index (χ1v) is 14.0. The number of halogens is 3. The number of piperidine rings is 1. The van der Waals surface area contributed by atoms with Crippen molar-refractivity contribution in [3.8, 4) is 5.75 Å². The van der Waals surface area contributed by atoms with Gasteiger partial charge in [-0.15, -0.1) is 0 Å². The van der Waals surface area contributed by atoms with E-state index in [2.05, 4.69) is 20.2 Å². The number of benzene rings is 2. The Morgan fingerprint density at radius 2 is 1.79 bits per heavy atom. The zero-order valence-corrected chi connectivity index (χ0v) is 23.2. The van der Waals surface area contributed by atoms with Crippen molar-refractivity contribution in [2.45, 2.75) is 44.4 Å². The van der Waals surface area contributed by atoms with Crippen LogP contribution in [-0.4, -0.2) is 71.0 Å². The van der Waals surface area contributed by atoms with Crippen molar-refractivity contribution in [2.75, 3.05) is 43.5 Å². The predicted molar refractivity (Wildman–Crippen MR) is 150 cm³/mol. The number of aromatic nitrogens is 2. The first-order valence-electron chi connectivity index (χ1n) is 14.0. The van der Waals surface area contributed by atoms with Gasteiger partial charge in [-0.1, -0.05) is 12.1 Å². The zero-order chi connectivity index (χ0) is 29.4. The highest BCUT2D eigenvalue weighted by atomic mass is 19.4. The van der Waals surface area contributed by atoms with Gasteiger partial charge in [0.05, 0.1) is 12.7 Å². The van der Waals surface area contributed by atoms with Gasteiger partial charge in [0.15, 0.2) is 0 Å². The number of hydrogen-bond acceptors (Lipinski definition) is 6. The van der Waals surface area contributed by atoms with Crippen LogP contribution in [0.25, 0.3) is 0 Å². The fourth-order valence-electron chi connectivity index (χ4n) is 6.13. The van der Waals surface area contributed by atoms with Gasteiger partial charge in [-0.25, -0.2) is 14.8 Å². The van der Waals surface area contributed by atoms with Crippen LogP contribution in [0.4, 0.5) is 29.5 Å². The van der Waals surface area contributed by atoms with E-state index in [0.717, 1.165) is 35.9 Å².